The molecule has 0 saturated carbocycles. The van der Waals surface area contributed by atoms with Crippen molar-refractivity contribution in [3.05, 3.63) is 83.3 Å². The Morgan fingerprint density at radius 2 is 1.88 bits per heavy atom. The summed E-state index contributed by atoms with van der Waals surface area (Å²) in [6.07, 6.45) is 3.41. The number of rotatable bonds is 3. The summed E-state index contributed by atoms with van der Waals surface area (Å²) in [7, 11) is 1.66. The molecule has 0 aliphatic carbocycles. The van der Waals surface area contributed by atoms with Crippen molar-refractivity contribution in [1.29, 1.82) is 0 Å². The van der Waals surface area contributed by atoms with Crippen LogP contribution in [0.2, 0.25) is 0 Å². The second kappa shape index (κ2) is 7.88. The summed E-state index contributed by atoms with van der Waals surface area (Å²) in [5.41, 5.74) is 3.35. The molecule has 0 N–H and O–H groups in total. The molecule has 5 rings (SSSR count). The van der Waals surface area contributed by atoms with E-state index in [-0.39, 0.29) is 17.5 Å². The molecule has 2 aromatic heterocycles. The van der Waals surface area contributed by atoms with Gasteiger partial charge in [-0.15, -0.1) is 0 Å². The van der Waals surface area contributed by atoms with Crippen LogP contribution in [0.25, 0.3) is 16.9 Å². The Bertz CT molecular complexity index is 1340. The molecule has 1 amide bonds. The first-order valence-corrected chi connectivity index (χ1v) is 10.3. The summed E-state index contributed by atoms with van der Waals surface area (Å²) < 4.78 is 44.2. The molecule has 0 bridgehead atoms. The van der Waals surface area contributed by atoms with Gasteiger partial charge in [-0.3, -0.25) is 9.48 Å². The molecule has 10 heteroatoms. The van der Waals surface area contributed by atoms with Gasteiger partial charge in [0.1, 0.15) is 12.7 Å². The molecule has 4 aromatic rings. The zero-order valence-corrected chi connectivity index (χ0v) is 17.8. The average Bonchev–Trinajstić information content (AvgIpc) is 3.45. The Morgan fingerprint density at radius 1 is 1.12 bits per heavy atom. The Morgan fingerprint density at radius 3 is 2.58 bits per heavy atom. The van der Waals surface area contributed by atoms with Crippen LogP contribution in [0, 0.1) is 17.5 Å². The van der Waals surface area contributed by atoms with E-state index in [0.29, 0.717) is 35.6 Å². The molecule has 1 aliphatic rings. The van der Waals surface area contributed by atoms with Gasteiger partial charge in [0.15, 0.2) is 17.5 Å². The van der Waals surface area contributed by atoms with Crippen molar-refractivity contribution in [2.45, 2.75) is 19.4 Å². The van der Waals surface area contributed by atoms with Crippen molar-refractivity contribution in [3.63, 3.8) is 0 Å². The third-order valence-electron chi connectivity index (χ3n) is 5.94. The van der Waals surface area contributed by atoms with Gasteiger partial charge in [0, 0.05) is 30.3 Å². The van der Waals surface area contributed by atoms with Crippen molar-refractivity contribution in [2.75, 3.05) is 6.54 Å². The van der Waals surface area contributed by atoms with Crippen molar-refractivity contribution in [1.82, 2.24) is 29.4 Å². The van der Waals surface area contributed by atoms with Gasteiger partial charge >= 0.3 is 0 Å². The van der Waals surface area contributed by atoms with Gasteiger partial charge in [-0.2, -0.15) is 10.2 Å². The molecular weight excluding hydrogens is 433 g/mol. The normalized spacial score (nSPS) is 15.5. The van der Waals surface area contributed by atoms with E-state index in [0.717, 1.165) is 17.7 Å². The number of aromatic nitrogens is 5. The average molecular weight is 452 g/mol. The molecule has 3 heterocycles. The fourth-order valence-corrected chi connectivity index (χ4v) is 4.36. The third-order valence-corrected chi connectivity index (χ3v) is 5.94. The molecule has 0 spiro atoms. The second-order valence-corrected chi connectivity index (χ2v) is 7.90. The van der Waals surface area contributed by atoms with Gasteiger partial charge in [0.2, 0.25) is 0 Å². The topological polar surface area (TPSA) is 68.8 Å². The number of benzene rings is 2. The first-order chi connectivity index (χ1) is 15.8. The van der Waals surface area contributed by atoms with Gasteiger partial charge in [-0.1, -0.05) is 6.07 Å². The summed E-state index contributed by atoms with van der Waals surface area (Å²) in [4.78, 5) is 19.0. The van der Waals surface area contributed by atoms with Crippen molar-refractivity contribution >= 4 is 5.91 Å². The number of carbonyl (C=O) groups is 1. The standard InChI is InChI=1S/C23H19F3N6O/c1-13-21-17(22(30(2)29-21)15-9-18(24)20(26)19(25)10-15)6-7-31(13)23(33)14-4-3-5-16(8-14)32-12-27-11-28-32/h3-5,8-13H,6-7H2,1-2H3. The number of hydrogen-bond donors (Lipinski definition) is 0. The Labute approximate surface area is 187 Å². The highest BCUT2D eigenvalue weighted by molar-refractivity contribution is 5.95. The van der Waals surface area contributed by atoms with E-state index in [1.54, 1.807) is 41.2 Å². The van der Waals surface area contributed by atoms with E-state index >= 15 is 0 Å². The molecule has 7 nitrogen and oxygen atoms in total. The molecule has 0 radical (unpaired) electrons. The number of fused-ring (bicyclic) bond motifs is 1. The number of amides is 1. The zero-order valence-electron chi connectivity index (χ0n) is 17.8. The fourth-order valence-electron chi connectivity index (χ4n) is 4.36. The maximum atomic E-state index is 13.9. The molecular formula is C23H19F3N6O. The van der Waals surface area contributed by atoms with E-state index in [2.05, 4.69) is 15.2 Å². The van der Waals surface area contributed by atoms with Crippen LogP contribution in [0.3, 0.4) is 0 Å². The molecule has 1 unspecified atom stereocenters. The number of nitrogens with zero attached hydrogens (tertiary/aromatic N) is 6. The highest BCUT2D eigenvalue weighted by Crippen LogP contribution is 2.36. The SMILES string of the molecule is CC1c2nn(C)c(-c3cc(F)c(F)c(F)c3)c2CCN1C(=O)c1cccc(-n2cncn2)c1. The van der Waals surface area contributed by atoms with Crippen LogP contribution in [-0.4, -0.2) is 41.9 Å². The molecule has 33 heavy (non-hydrogen) atoms. The lowest BCUT2D eigenvalue weighted by atomic mass is 9.95. The maximum absolute atomic E-state index is 13.9. The van der Waals surface area contributed by atoms with Crippen LogP contribution < -0.4 is 0 Å². The van der Waals surface area contributed by atoms with E-state index < -0.39 is 17.5 Å². The highest BCUT2D eigenvalue weighted by atomic mass is 19.2. The Hall–Kier alpha value is -3.95. The van der Waals surface area contributed by atoms with Crippen LogP contribution in [0.15, 0.2) is 49.1 Å². The molecule has 1 atom stereocenters. The van der Waals surface area contributed by atoms with Crippen LogP contribution in [-0.2, 0) is 13.5 Å². The van der Waals surface area contributed by atoms with Crippen LogP contribution in [0.5, 0.6) is 0 Å². The van der Waals surface area contributed by atoms with Crippen molar-refractivity contribution in [2.24, 2.45) is 7.05 Å². The summed E-state index contributed by atoms with van der Waals surface area (Å²) in [5, 5.41) is 8.63. The zero-order chi connectivity index (χ0) is 23.3. The quantitative estimate of drug-likeness (QED) is 0.443. The van der Waals surface area contributed by atoms with Crippen molar-refractivity contribution < 1.29 is 18.0 Å². The number of aryl methyl sites for hydroxylation is 1. The van der Waals surface area contributed by atoms with Crippen LogP contribution in [0.1, 0.15) is 34.6 Å². The van der Waals surface area contributed by atoms with Crippen LogP contribution in [0.4, 0.5) is 13.2 Å². The van der Waals surface area contributed by atoms with E-state index in [9.17, 15) is 18.0 Å². The van der Waals surface area contributed by atoms with Gasteiger partial charge < -0.3 is 4.90 Å². The first-order valence-electron chi connectivity index (χ1n) is 10.3. The largest absolute Gasteiger partial charge is 0.330 e. The number of hydrogen-bond acceptors (Lipinski definition) is 4. The lowest BCUT2D eigenvalue weighted by molar-refractivity contribution is 0.0673. The predicted molar refractivity (Wildman–Crippen MR) is 113 cm³/mol. The predicted octanol–water partition coefficient (Wildman–Crippen LogP) is 3.84. The summed E-state index contributed by atoms with van der Waals surface area (Å²) in [5.74, 6) is -4.19. The molecule has 0 fully saturated rings. The summed E-state index contributed by atoms with van der Waals surface area (Å²) in [6.45, 7) is 2.26. The third kappa shape index (κ3) is 3.47. The fraction of sp³-hybridized carbons (Fsp3) is 0.217. The summed E-state index contributed by atoms with van der Waals surface area (Å²) in [6, 6.07) is 8.65. The first kappa shape index (κ1) is 20.9. The Kier molecular flexibility index (Phi) is 4.99. The number of carbonyl (C=O) groups excluding carboxylic acids is 1. The maximum Gasteiger partial charge on any atom is 0.254 e. The number of halogens is 3. The molecule has 2 aromatic carbocycles. The molecule has 1 aliphatic heterocycles. The van der Waals surface area contributed by atoms with E-state index in [4.69, 9.17) is 0 Å². The van der Waals surface area contributed by atoms with Crippen molar-refractivity contribution in [3.8, 4) is 16.9 Å². The smallest absolute Gasteiger partial charge is 0.254 e. The van der Waals surface area contributed by atoms with Gasteiger partial charge in [-0.25, -0.2) is 22.8 Å². The minimum atomic E-state index is -1.51. The minimum absolute atomic E-state index is 0.166. The molecule has 0 saturated heterocycles. The lowest BCUT2D eigenvalue weighted by Crippen LogP contribution is -2.39. The van der Waals surface area contributed by atoms with E-state index in [1.807, 2.05) is 13.0 Å². The second-order valence-electron chi connectivity index (χ2n) is 7.90. The summed E-state index contributed by atoms with van der Waals surface area (Å²) >= 11 is 0. The van der Waals surface area contributed by atoms with Gasteiger partial charge in [0.05, 0.1) is 23.1 Å². The minimum Gasteiger partial charge on any atom is -0.330 e. The van der Waals surface area contributed by atoms with Gasteiger partial charge in [0.25, 0.3) is 5.91 Å². The van der Waals surface area contributed by atoms with Crippen LogP contribution >= 0.6 is 0 Å². The van der Waals surface area contributed by atoms with Gasteiger partial charge in [-0.05, 0) is 43.7 Å². The Balaban J connectivity index is 1.48. The molecule has 168 valence electrons. The highest BCUT2D eigenvalue weighted by Gasteiger charge is 2.33. The van der Waals surface area contributed by atoms with E-state index in [1.165, 1.54) is 11.0 Å². The monoisotopic (exact) mass is 452 g/mol. The lowest BCUT2D eigenvalue weighted by Gasteiger charge is -2.33.